The highest BCUT2D eigenvalue weighted by Gasteiger charge is 2.12. The van der Waals surface area contributed by atoms with Crippen molar-refractivity contribution in [1.82, 2.24) is 10.1 Å². The lowest BCUT2D eigenvalue weighted by molar-refractivity contribution is -0.139. The number of rotatable bonds is 6. The Morgan fingerprint density at radius 3 is 2.58 bits per heavy atom. The van der Waals surface area contributed by atoms with E-state index in [2.05, 4.69) is 10.1 Å². The van der Waals surface area contributed by atoms with E-state index in [0.717, 1.165) is 5.56 Å². The third-order valence-electron chi connectivity index (χ3n) is 3.20. The van der Waals surface area contributed by atoms with Gasteiger partial charge in [0, 0.05) is 11.1 Å². The Labute approximate surface area is 137 Å². The second kappa shape index (κ2) is 6.82. The highest BCUT2D eigenvalue weighted by atomic mass is 16.5. The number of methoxy groups -OCH3 is 1. The topological polar surface area (TPSA) is 94.7 Å². The number of carboxylic acid groups (broad SMARTS) is 1. The molecule has 122 valence electrons. The fourth-order valence-corrected chi connectivity index (χ4v) is 2.08. The Balaban J connectivity index is 1.85. The summed E-state index contributed by atoms with van der Waals surface area (Å²) in [7, 11) is 1.59. The van der Waals surface area contributed by atoms with Crippen LogP contribution in [-0.2, 0) is 4.79 Å². The molecule has 0 amide bonds. The molecular formula is C17H14N2O5. The van der Waals surface area contributed by atoms with Crippen LogP contribution in [-0.4, -0.2) is 34.9 Å². The van der Waals surface area contributed by atoms with Crippen molar-refractivity contribution >= 4 is 5.97 Å². The van der Waals surface area contributed by atoms with Crippen molar-refractivity contribution in [3.63, 3.8) is 0 Å². The monoisotopic (exact) mass is 326 g/mol. The molecule has 0 aliphatic heterocycles. The maximum atomic E-state index is 10.6. The third kappa shape index (κ3) is 3.52. The number of ether oxygens (including phenoxy) is 2. The summed E-state index contributed by atoms with van der Waals surface area (Å²) >= 11 is 0. The first-order valence-corrected chi connectivity index (χ1v) is 7.09. The van der Waals surface area contributed by atoms with E-state index < -0.39 is 12.6 Å². The fraction of sp³-hybridized carbons (Fsp3) is 0.118. The van der Waals surface area contributed by atoms with Gasteiger partial charge in [-0.2, -0.15) is 4.98 Å². The van der Waals surface area contributed by atoms with Crippen molar-refractivity contribution in [3.05, 3.63) is 48.5 Å². The van der Waals surface area contributed by atoms with E-state index in [9.17, 15) is 4.79 Å². The summed E-state index contributed by atoms with van der Waals surface area (Å²) in [5.74, 6) is 0.812. The lowest BCUT2D eigenvalue weighted by Gasteiger charge is -2.03. The van der Waals surface area contributed by atoms with Crippen molar-refractivity contribution in [2.75, 3.05) is 13.7 Å². The van der Waals surface area contributed by atoms with Crippen molar-refractivity contribution in [2.24, 2.45) is 0 Å². The van der Waals surface area contributed by atoms with Gasteiger partial charge in [0.05, 0.1) is 7.11 Å². The smallest absolute Gasteiger partial charge is 0.341 e. The summed E-state index contributed by atoms with van der Waals surface area (Å²) in [5, 5.41) is 12.6. The standard InChI is InChI=1S/C17H14N2O5/c1-22-13-6-2-4-11(8-13)16-18-17(24-19-16)12-5-3-7-14(9-12)23-10-15(20)21/h2-9H,10H2,1H3,(H,20,21). The van der Waals surface area contributed by atoms with Gasteiger partial charge in [-0.05, 0) is 30.3 Å². The van der Waals surface area contributed by atoms with Gasteiger partial charge in [0.15, 0.2) is 6.61 Å². The van der Waals surface area contributed by atoms with Gasteiger partial charge in [-0.15, -0.1) is 0 Å². The van der Waals surface area contributed by atoms with Crippen LogP contribution in [0.15, 0.2) is 53.1 Å². The van der Waals surface area contributed by atoms with Crippen molar-refractivity contribution in [3.8, 4) is 34.3 Å². The number of hydrogen-bond acceptors (Lipinski definition) is 6. The van der Waals surface area contributed by atoms with Crippen molar-refractivity contribution in [2.45, 2.75) is 0 Å². The Kier molecular flexibility index (Phi) is 4.42. The summed E-state index contributed by atoms with van der Waals surface area (Å²) in [6.45, 7) is -0.414. The minimum Gasteiger partial charge on any atom is -0.497 e. The molecule has 2 aromatic carbocycles. The number of hydrogen-bond donors (Lipinski definition) is 1. The molecule has 0 aliphatic rings. The predicted octanol–water partition coefficient (Wildman–Crippen LogP) is 2.88. The van der Waals surface area contributed by atoms with E-state index in [0.29, 0.717) is 28.8 Å². The SMILES string of the molecule is COc1cccc(-c2noc(-c3cccc(OCC(=O)O)c3)n2)c1. The summed E-state index contributed by atoms with van der Waals surface area (Å²) in [4.78, 5) is 14.9. The fourth-order valence-electron chi connectivity index (χ4n) is 2.08. The average molecular weight is 326 g/mol. The van der Waals surface area contributed by atoms with Crippen LogP contribution in [0.4, 0.5) is 0 Å². The lowest BCUT2D eigenvalue weighted by atomic mass is 10.2. The van der Waals surface area contributed by atoms with Crippen LogP contribution >= 0.6 is 0 Å². The maximum Gasteiger partial charge on any atom is 0.341 e. The van der Waals surface area contributed by atoms with Crippen LogP contribution in [0, 0.1) is 0 Å². The minimum absolute atomic E-state index is 0.314. The van der Waals surface area contributed by atoms with E-state index in [1.807, 2.05) is 18.2 Å². The van der Waals surface area contributed by atoms with E-state index in [-0.39, 0.29) is 0 Å². The Morgan fingerprint density at radius 1 is 1.12 bits per heavy atom. The molecule has 0 saturated heterocycles. The third-order valence-corrected chi connectivity index (χ3v) is 3.20. The molecule has 0 saturated carbocycles. The first-order chi connectivity index (χ1) is 11.7. The molecule has 1 heterocycles. The van der Waals surface area contributed by atoms with Crippen LogP contribution in [0.2, 0.25) is 0 Å². The molecule has 7 nitrogen and oxygen atoms in total. The molecule has 0 atom stereocenters. The minimum atomic E-state index is -1.04. The van der Waals surface area contributed by atoms with E-state index >= 15 is 0 Å². The van der Waals surface area contributed by atoms with Gasteiger partial charge < -0.3 is 19.1 Å². The predicted molar refractivity (Wildman–Crippen MR) is 84.9 cm³/mol. The van der Waals surface area contributed by atoms with E-state index in [4.69, 9.17) is 19.1 Å². The van der Waals surface area contributed by atoms with Crippen LogP contribution in [0.3, 0.4) is 0 Å². The molecule has 0 aliphatic carbocycles. The number of nitrogens with zero attached hydrogens (tertiary/aromatic N) is 2. The second-order valence-corrected chi connectivity index (χ2v) is 4.87. The molecule has 1 N–H and O–H groups in total. The van der Waals surface area contributed by atoms with Gasteiger partial charge in [0.25, 0.3) is 5.89 Å². The van der Waals surface area contributed by atoms with Crippen LogP contribution in [0.25, 0.3) is 22.8 Å². The summed E-state index contributed by atoms with van der Waals surface area (Å²) < 4.78 is 15.6. The summed E-state index contributed by atoms with van der Waals surface area (Å²) in [6, 6.07) is 14.1. The van der Waals surface area contributed by atoms with E-state index in [1.54, 1.807) is 37.4 Å². The van der Waals surface area contributed by atoms with Crippen LogP contribution < -0.4 is 9.47 Å². The first-order valence-electron chi connectivity index (χ1n) is 7.09. The number of carbonyl (C=O) groups is 1. The Hall–Kier alpha value is -3.35. The van der Waals surface area contributed by atoms with Gasteiger partial charge in [0.1, 0.15) is 11.5 Å². The normalized spacial score (nSPS) is 10.4. The van der Waals surface area contributed by atoms with Gasteiger partial charge in [-0.3, -0.25) is 0 Å². The summed E-state index contributed by atoms with van der Waals surface area (Å²) in [5.41, 5.74) is 1.40. The molecule has 1 aromatic heterocycles. The highest BCUT2D eigenvalue weighted by Crippen LogP contribution is 2.26. The summed E-state index contributed by atoms with van der Waals surface area (Å²) in [6.07, 6.45) is 0. The first kappa shape index (κ1) is 15.5. The maximum absolute atomic E-state index is 10.6. The molecule has 0 radical (unpaired) electrons. The van der Waals surface area contributed by atoms with Gasteiger partial charge >= 0.3 is 5.97 Å². The zero-order valence-electron chi connectivity index (χ0n) is 12.8. The van der Waals surface area contributed by atoms with Crippen LogP contribution in [0.1, 0.15) is 0 Å². The quantitative estimate of drug-likeness (QED) is 0.744. The number of aliphatic carboxylic acids is 1. The Morgan fingerprint density at radius 2 is 1.83 bits per heavy atom. The molecule has 0 unspecified atom stereocenters. The molecule has 0 fully saturated rings. The number of benzene rings is 2. The Bertz CT molecular complexity index is 859. The van der Waals surface area contributed by atoms with Crippen molar-refractivity contribution < 1.29 is 23.9 Å². The largest absolute Gasteiger partial charge is 0.497 e. The number of aromatic nitrogens is 2. The molecular weight excluding hydrogens is 312 g/mol. The van der Waals surface area contributed by atoms with Gasteiger partial charge in [-0.1, -0.05) is 23.4 Å². The molecule has 3 aromatic rings. The molecule has 0 bridgehead atoms. The number of carboxylic acids is 1. The lowest BCUT2D eigenvalue weighted by Crippen LogP contribution is -2.09. The van der Waals surface area contributed by atoms with Gasteiger partial charge in [-0.25, -0.2) is 4.79 Å². The van der Waals surface area contributed by atoms with Gasteiger partial charge in [0.2, 0.25) is 5.82 Å². The van der Waals surface area contributed by atoms with E-state index in [1.165, 1.54) is 0 Å². The molecule has 7 heteroatoms. The molecule has 3 rings (SSSR count). The van der Waals surface area contributed by atoms with Crippen molar-refractivity contribution in [1.29, 1.82) is 0 Å². The average Bonchev–Trinajstić information content (AvgIpc) is 3.10. The molecule has 24 heavy (non-hydrogen) atoms. The molecule has 0 spiro atoms. The zero-order chi connectivity index (χ0) is 16.9. The zero-order valence-corrected chi connectivity index (χ0v) is 12.8. The highest BCUT2D eigenvalue weighted by molar-refractivity contribution is 5.68. The second-order valence-electron chi connectivity index (χ2n) is 4.87. The van der Waals surface area contributed by atoms with Crippen LogP contribution in [0.5, 0.6) is 11.5 Å².